The van der Waals surface area contributed by atoms with Crippen LogP contribution in [0, 0.1) is 0 Å². The van der Waals surface area contributed by atoms with Crippen LogP contribution in [0.4, 0.5) is 0 Å². The fourth-order valence-corrected chi connectivity index (χ4v) is 4.11. The van der Waals surface area contributed by atoms with Crippen LogP contribution in [0.25, 0.3) is 0 Å². The third-order valence-electron chi connectivity index (χ3n) is 6.15. The number of hydrogen-bond donors (Lipinski definition) is 1. The maximum absolute atomic E-state index is 10.4. The summed E-state index contributed by atoms with van der Waals surface area (Å²) in [6, 6.07) is 0. The quantitative estimate of drug-likeness (QED) is 0.117. The molecule has 0 aliphatic heterocycles. The van der Waals surface area contributed by atoms with Crippen molar-refractivity contribution in [1.29, 1.82) is 0 Å². The molecule has 1 N–H and O–H groups in total. The van der Waals surface area contributed by atoms with Crippen LogP contribution in [0.5, 0.6) is 0 Å². The van der Waals surface area contributed by atoms with Gasteiger partial charge in [0, 0.05) is 6.42 Å². The van der Waals surface area contributed by atoms with E-state index >= 15 is 0 Å². The molecule has 0 aromatic rings. The van der Waals surface area contributed by atoms with Crippen molar-refractivity contribution in [3.63, 3.8) is 0 Å². The summed E-state index contributed by atoms with van der Waals surface area (Å²) in [6.45, 7) is 2.28. The molecule has 0 radical (unpaired) electrons. The van der Waals surface area contributed by atoms with E-state index in [0.29, 0.717) is 6.42 Å². The molecule has 0 aliphatic carbocycles. The predicted molar refractivity (Wildman–Crippen MR) is 133 cm³/mol. The SMILES string of the molecule is CCCCCCCC=CCCCCCCCCCCCCCCCCCCC(=O)O. The molecule has 2 heteroatoms. The van der Waals surface area contributed by atoms with Crippen molar-refractivity contribution in [2.45, 2.75) is 161 Å². The first-order valence-corrected chi connectivity index (χ1v) is 13.6. The Labute approximate surface area is 189 Å². The molecule has 0 unspecified atom stereocenters. The lowest BCUT2D eigenvalue weighted by Crippen LogP contribution is -1.93. The molecular formula is C28H54O2. The first-order chi connectivity index (χ1) is 14.8. The van der Waals surface area contributed by atoms with Crippen molar-refractivity contribution >= 4 is 5.97 Å². The molecule has 0 bridgehead atoms. The lowest BCUT2D eigenvalue weighted by atomic mass is 10.0. The highest BCUT2D eigenvalue weighted by Gasteiger charge is 1.97. The van der Waals surface area contributed by atoms with Gasteiger partial charge in [0.25, 0.3) is 0 Å². The molecule has 2 nitrogen and oxygen atoms in total. The first kappa shape index (κ1) is 29.2. The minimum atomic E-state index is -0.651. The van der Waals surface area contributed by atoms with Gasteiger partial charge in [0.05, 0.1) is 0 Å². The largest absolute Gasteiger partial charge is 0.481 e. The number of carboxylic acids is 1. The van der Waals surface area contributed by atoms with E-state index in [1.54, 1.807) is 0 Å². The third-order valence-corrected chi connectivity index (χ3v) is 6.15. The molecule has 0 atom stereocenters. The number of carbonyl (C=O) groups is 1. The average molecular weight is 423 g/mol. The molecule has 0 saturated carbocycles. The predicted octanol–water partition coefficient (Wildman–Crippen LogP) is 10.0. The van der Waals surface area contributed by atoms with Gasteiger partial charge >= 0.3 is 5.97 Å². The van der Waals surface area contributed by atoms with E-state index in [9.17, 15) is 4.79 Å². The first-order valence-electron chi connectivity index (χ1n) is 13.6. The van der Waals surface area contributed by atoms with Crippen LogP contribution in [-0.2, 0) is 4.79 Å². The fourth-order valence-electron chi connectivity index (χ4n) is 4.11. The highest BCUT2D eigenvalue weighted by molar-refractivity contribution is 5.66. The molecule has 0 fully saturated rings. The summed E-state index contributed by atoms with van der Waals surface area (Å²) < 4.78 is 0. The van der Waals surface area contributed by atoms with Crippen molar-refractivity contribution in [2.75, 3.05) is 0 Å². The molecule has 178 valence electrons. The standard InChI is InChI=1S/C28H54O2/c1-2-3-4-5-6-7-8-9-10-11-12-13-14-15-16-17-18-19-20-21-22-23-24-25-26-27-28(29)30/h8-9H,2-7,10-27H2,1H3,(H,29,30). The maximum atomic E-state index is 10.4. The normalized spacial score (nSPS) is 11.5. The highest BCUT2D eigenvalue weighted by Crippen LogP contribution is 2.14. The molecule has 0 aromatic heterocycles. The van der Waals surface area contributed by atoms with Crippen LogP contribution < -0.4 is 0 Å². The number of rotatable bonds is 25. The van der Waals surface area contributed by atoms with Gasteiger partial charge in [-0.05, 0) is 32.1 Å². The van der Waals surface area contributed by atoms with Crippen LogP contribution in [0.15, 0.2) is 12.2 Å². The number of aliphatic carboxylic acids is 1. The van der Waals surface area contributed by atoms with E-state index in [1.165, 1.54) is 135 Å². The Bertz CT molecular complexity index is 362. The summed E-state index contributed by atoms with van der Waals surface area (Å²) in [5.41, 5.74) is 0. The molecule has 0 amide bonds. The Morgan fingerprint density at radius 2 is 0.800 bits per heavy atom. The number of hydrogen-bond acceptors (Lipinski definition) is 1. The molecule has 0 aliphatic rings. The van der Waals surface area contributed by atoms with E-state index in [-0.39, 0.29) is 0 Å². The van der Waals surface area contributed by atoms with Crippen molar-refractivity contribution in [3.8, 4) is 0 Å². The molecule has 0 aromatic carbocycles. The maximum Gasteiger partial charge on any atom is 0.303 e. The Kier molecular flexibility index (Phi) is 25.6. The zero-order valence-electron chi connectivity index (χ0n) is 20.5. The van der Waals surface area contributed by atoms with E-state index in [0.717, 1.165) is 12.8 Å². The van der Waals surface area contributed by atoms with Gasteiger partial charge in [-0.2, -0.15) is 0 Å². The Balaban J connectivity index is 3.05. The number of allylic oxidation sites excluding steroid dienone is 2. The van der Waals surface area contributed by atoms with E-state index in [1.807, 2.05) is 0 Å². The van der Waals surface area contributed by atoms with Gasteiger partial charge in [0.2, 0.25) is 0 Å². The summed E-state index contributed by atoms with van der Waals surface area (Å²) in [7, 11) is 0. The highest BCUT2D eigenvalue weighted by atomic mass is 16.4. The van der Waals surface area contributed by atoms with Gasteiger partial charge in [-0.3, -0.25) is 4.79 Å². The van der Waals surface area contributed by atoms with Crippen LogP contribution in [-0.4, -0.2) is 11.1 Å². The van der Waals surface area contributed by atoms with Gasteiger partial charge in [-0.15, -0.1) is 0 Å². The molecule has 0 rings (SSSR count). The smallest absolute Gasteiger partial charge is 0.303 e. The van der Waals surface area contributed by atoms with Gasteiger partial charge in [-0.25, -0.2) is 0 Å². The second-order valence-corrected chi connectivity index (χ2v) is 9.26. The van der Waals surface area contributed by atoms with E-state index in [2.05, 4.69) is 19.1 Å². The molecule has 30 heavy (non-hydrogen) atoms. The molecule has 0 heterocycles. The molecule has 0 spiro atoms. The minimum Gasteiger partial charge on any atom is -0.481 e. The van der Waals surface area contributed by atoms with Crippen LogP contribution in [0.2, 0.25) is 0 Å². The van der Waals surface area contributed by atoms with E-state index in [4.69, 9.17) is 5.11 Å². The number of unbranched alkanes of at least 4 members (excludes halogenated alkanes) is 21. The van der Waals surface area contributed by atoms with Gasteiger partial charge in [-0.1, -0.05) is 135 Å². The van der Waals surface area contributed by atoms with Crippen LogP contribution >= 0.6 is 0 Å². The Morgan fingerprint density at radius 1 is 0.500 bits per heavy atom. The Hall–Kier alpha value is -0.790. The summed E-state index contributed by atoms with van der Waals surface area (Å²) in [5.74, 6) is -0.651. The topological polar surface area (TPSA) is 37.3 Å². The van der Waals surface area contributed by atoms with Crippen LogP contribution in [0.3, 0.4) is 0 Å². The second kappa shape index (κ2) is 26.2. The zero-order chi connectivity index (χ0) is 22.0. The van der Waals surface area contributed by atoms with Crippen LogP contribution in [0.1, 0.15) is 161 Å². The molecular weight excluding hydrogens is 368 g/mol. The summed E-state index contributed by atoms with van der Waals surface area (Å²) in [4.78, 5) is 10.4. The lowest BCUT2D eigenvalue weighted by Gasteiger charge is -2.03. The van der Waals surface area contributed by atoms with Crippen molar-refractivity contribution in [2.24, 2.45) is 0 Å². The summed E-state index contributed by atoms with van der Waals surface area (Å²) >= 11 is 0. The van der Waals surface area contributed by atoms with Crippen molar-refractivity contribution in [1.82, 2.24) is 0 Å². The zero-order valence-corrected chi connectivity index (χ0v) is 20.5. The van der Waals surface area contributed by atoms with E-state index < -0.39 is 5.97 Å². The van der Waals surface area contributed by atoms with Gasteiger partial charge < -0.3 is 5.11 Å². The second-order valence-electron chi connectivity index (χ2n) is 9.26. The minimum absolute atomic E-state index is 0.344. The third kappa shape index (κ3) is 27.2. The van der Waals surface area contributed by atoms with Gasteiger partial charge in [0.15, 0.2) is 0 Å². The fraction of sp³-hybridized carbons (Fsp3) is 0.893. The lowest BCUT2D eigenvalue weighted by molar-refractivity contribution is -0.137. The summed E-state index contributed by atoms with van der Waals surface area (Å²) in [5, 5.41) is 8.59. The average Bonchev–Trinajstić information content (AvgIpc) is 2.73. The monoisotopic (exact) mass is 422 g/mol. The van der Waals surface area contributed by atoms with Crippen molar-refractivity contribution in [3.05, 3.63) is 12.2 Å². The van der Waals surface area contributed by atoms with Crippen molar-refractivity contribution < 1.29 is 9.90 Å². The Morgan fingerprint density at radius 3 is 1.13 bits per heavy atom. The number of carboxylic acid groups (broad SMARTS) is 1. The van der Waals surface area contributed by atoms with Gasteiger partial charge in [0.1, 0.15) is 0 Å². The summed E-state index contributed by atoms with van der Waals surface area (Å²) in [6.07, 6.45) is 36.0. The molecule has 0 saturated heterocycles.